The third kappa shape index (κ3) is 2.57. The molecule has 0 aromatic heterocycles. The lowest BCUT2D eigenvalue weighted by atomic mass is 10.1. The average Bonchev–Trinajstić information content (AvgIpc) is 2.72. The molecule has 1 aromatic rings. The summed E-state index contributed by atoms with van der Waals surface area (Å²) in [7, 11) is 0. The summed E-state index contributed by atoms with van der Waals surface area (Å²) in [6, 6.07) is 5.60. The van der Waals surface area contributed by atoms with Gasteiger partial charge in [-0.1, -0.05) is 6.07 Å². The number of fused-ring (bicyclic) bond motifs is 1. The molecule has 1 aliphatic carbocycles. The van der Waals surface area contributed by atoms with Crippen LogP contribution in [0, 0.1) is 0 Å². The predicted octanol–water partition coefficient (Wildman–Crippen LogP) is 1.68. The molecule has 16 heavy (non-hydrogen) atoms. The van der Waals surface area contributed by atoms with Crippen LogP contribution in [-0.2, 0) is 17.6 Å². The van der Waals surface area contributed by atoms with Gasteiger partial charge in [-0.05, 0) is 42.5 Å². The van der Waals surface area contributed by atoms with E-state index in [1.54, 1.807) is 0 Å². The summed E-state index contributed by atoms with van der Waals surface area (Å²) in [6.07, 6.45) is 3.56. The Labute approximate surface area is 99.0 Å². The fourth-order valence-corrected chi connectivity index (χ4v) is 2.80. The van der Waals surface area contributed by atoms with E-state index in [1.165, 1.54) is 35.7 Å². The maximum Gasteiger partial charge on any atom is 0.321 e. The van der Waals surface area contributed by atoms with Gasteiger partial charge in [0, 0.05) is 10.6 Å². The van der Waals surface area contributed by atoms with Crippen molar-refractivity contribution in [3.8, 4) is 0 Å². The Hall–Kier alpha value is -1.00. The second-order valence-corrected chi connectivity index (χ2v) is 5.13. The molecule has 86 valence electrons. The number of carbonyl (C=O) groups is 1. The number of rotatable bonds is 4. The number of carboxylic acids is 1. The Morgan fingerprint density at radius 3 is 2.94 bits per heavy atom. The van der Waals surface area contributed by atoms with E-state index in [0.29, 0.717) is 5.75 Å². The molecular weight excluding hydrogens is 222 g/mol. The minimum absolute atomic E-state index is 0.425. The smallest absolute Gasteiger partial charge is 0.321 e. The predicted molar refractivity (Wildman–Crippen MR) is 64.8 cm³/mol. The van der Waals surface area contributed by atoms with Gasteiger partial charge in [0.2, 0.25) is 0 Å². The summed E-state index contributed by atoms with van der Waals surface area (Å²) >= 11 is 1.52. The first-order valence-electron chi connectivity index (χ1n) is 5.40. The van der Waals surface area contributed by atoms with E-state index in [9.17, 15) is 4.79 Å². The molecule has 1 unspecified atom stereocenters. The van der Waals surface area contributed by atoms with Gasteiger partial charge in [-0.2, -0.15) is 0 Å². The summed E-state index contributed by atoms with van der Waals surface area (Å²) in [5.74, 6) is -0.512. The van der Waals surface area contributed by atoms with Gasteiger partial charge >= 0.3 is 5.97 Å². The minimum Gasteiger partial charge on any atom is -0.480 e. The highest BCUT2D eigenvalue weighted by Gasteiger charge is 2.14. The lowest BCUT2D eigenvalue weighted by Crippen LogP contribution is -2.32. The zero-order valence-electron chi connectivity index (χ0n) is 8.98. The van der Waals surface area contributed by atoms with Crippen LogP contribution in [0.1, 0.15) is 17.5 Å². The molecule has 0 aliphatic heterocycles. The maximum atomic E-state index is 10.6. The number of hydrogen-bond donors (Lipinski definition) is 2. The second-order valence-electron chi connectivity index (χ2n) is 4.04. The van der Waals surface area contributed by atoms with Crippen LogP contribution in [0.3, 0.4) is 0 Å². The zero-order chi connectivity index (χ0) is 11.5. The van der Waals surface area contributed by atoms with E-state index < -0.39 is 12.0 Å². The highest BCUT2D eigenvalue weighted by atomic mass is 32.2. The van der Waals surface area contributed by atoms with Crippen LogP contribution < -0.4 is 5.73 Å². The Kier molecular flexibility index (Phi) is 3.51. The molecule has 0 fully saturated rings. The van der Waals surface area contributed by atoms with Crippen molar-refractivity contribution in [3.63, 3.8) is 0 Å². The molecule has 1 aliphatic rings. The topological polar surface area (TPSA) is 63.3 Å². The van der Waals surface area contributed by atoms with Crippen molar-refractivity contribution in [1.29, 1.82) is 0 Å². The van der Waals surface area contributed by atoms with Crippen LogP contribution in [0.4, 0.5) is 0 Å². The van der Waals surface area contributed by atoms with E-state index >= 15 is 0 Å². The molecule has 2 rings (SSSR count). The Bertz CT molecular complexity index is 406. The summed E-state index contributed by atoms with van der Waals surface area (Å²) < 4.78 is 0. The van der Waals surface area contributed by atoms with E-state index in [-0.39, 0.29) is 0 Å². The van der Waals surface area contributed by atoms with Crippen molar-refractivity contribution in [3.05, 3.63) is 29.3 Å². The van der Waals surface area contributed by atoms with Crippen molar-refractivity contribution >= 4 is 17.7 Å². The van der Waals surface area contributed by atoms with E-state index in [1.807, 2.05) is 0 Å². The highest BCUT2D eigenvalue weighted by Crippen LogP contribution is 2.27. The fraction of sp³-hybridized carbons (Fsp3) is 0.417. The van der Waals surface area contributed by atoms with Crippen molar-refractivity contribution in [2.75, 3.05) is 5.75 Å². The fourth-order valence-electron chi connectivity index (χ4n) is 1.90. The summed E-state index contributed by atoms with van der Waals surface area (Å²) in [5.41, 5.74) is 8.30. The summed E-state index contributed by atoms with van der Waals surface area (Å²) in [5, 5.41) is 8.68. The molecular formula is C12H15NO2S. The first-order valence-corrected chi connectivity index (χ1v) is 6.38. The highest BCUT2D eigenvalue weighted by molar-refractivity contribution is 7.99. The normalized spacial score (nSPS) is 15.8. The van der Waals surface area contributed by atoms with Gasteiger partial charge in [-0.15, -0.1) is 11.8 Å². The Balaban J connectivity index is 1.98. The van der Waals surface area contributed by atoms with E-state index in [4.69, 9.17) is 10.8 Å². The number of aryl methyl sites for hydroxylation is 2. The van der Waals surface area contributed by atoms with Crippen LogP contribution >= 0.6 is 11.8 Å². The van der Waals surface area contributed by atoms with Gasteiger partial charge in [-0.25, -0.2) is 0 Å². The Morgan fingerprint density at radius 2 is 2.19 bits per heavy atom. The number of carboxylic acid groups (broad SMARTS) is 1. The zero-order valence-corrected chi connectivity index (χ0v) is 9.80. The van der Waals surface area contributed by atoms with Crippen LogP contribution in [-0.4, -0.2) is 22.9 Å². The van der Waals surface area contributed by atoms with Crippen molar-refractivity contribution in [1.82, 2.24) is 0 Å². The summed E-state index contributed by atoms with van der Waals surface area (Å²) in [6.45, 7) is 0. The van der Waals surface area contributed by atoms with Crippen LogP contribution in [0.5, 0.6) is 0 Å². The number of thioether (sulfide) groups is 1. The standard InChI is InChI=1S/C12H15NO2S/c13-11(12(14)15)7-16-10-5-4-8-2-1-3-9(8)6-10/h4-6,11H,1-3,7,13H2,(H,14,15). The van der Waals surface area contributed by atoms with Crippen LogP contribution in [0.25, 0.3) is 0 Å². The maximum absolute atomic E-state index is 10.6. The average molecular weight is 237 g/mol. The van der Waals surface area contributed by atoms with Gasteiger partial charge < -0.3 is 10.8 Å². The van der Waals surface area contributed by atoms with Crippen molar-refractivity contribution < 1.29 is 9.90 Å². The first kappa shape index (κ1) is 11.5. The molecule has 1 atom stereocenters. The SMILES string of the molecule is NC(CSc1ccc2c(c1)CCC2)C(=O)O. The van der Waals surface area contributed by atoms with Gasteiger partial charge in [0.1, 0.15) is 6.04 Å². The molecule has 0 bridgehead atoms. The molecule has 0 heterocycles. The molecule has 1 aromatic carbocycles. The van der Waals surface area contributed by atoms with E-state index in [0.717, 1.165) is 11.3 Å². The lowest BCUT2D eigenvalue weighted by molar-refractivity contribution is -0.137. The van der Waals surface area contributed by atoms with Crippen molar-refractivity contribution in [2.45, 2.75) is 30.2 Å². The van der Waals surface area contributed by atoms with Gasteiger partial charge in [0.25, 0.3) is 0 Å². The largest absolute Gasteiger partial charge is 0.480 e. The third-order valence-electron chi connectivity index (χ3n) is 2.82. The Morgan fingerprint density at radius 1 is 1.44 bits per heavy atom. The molecule has 3 N–H and O–H groups in total. The lowest BCUT2D eigenvalue weighted by Gasteiger charge is -2.07. The molecule has 0 radical (unpaired) electrons. The quantitative estimate of drug-likeness (QED) is 0.782. The number of aliphatic carboxylic acids is 1. The third-order valence-corrected chi connectivity index (χ3v) is 3.93. The number of nitrogens with two attached hydrogens (primary N) is 1. The minimum atomic E-state index is -0.936. The van der Waals surface area contributed by atoms with Crippen LogP contribution in [0.15, 0.2) is 23.1 Å². The van der Waals surface area contributed by atoms with Gasteiger partial charge in [-0.3, -0.25) is 4.79 Å². The van der Waals surface area contributed by atoms with Gasteiger partial charge in [0.15, 0.2) is 0 Å². The summed E-state index contributed by atoms with van der Waals surface area (Å²) in [4.78, 5) is 11.7. The molecule has 4 heteroatoms. The number of benzene rings is 1. The van der Waals surface area contributed by atoms with Crippen molar-refractivity contribution in [2.24, 2.45) is 5.73 Å². The van der Waals surface area contributed by atoms with Crippen LogP contribution in [0.2, 0.25) is 0 Å². The molecule has 0 amide bonds. The second kappa shape index (κ2) is 4.89. The molecule has 0 spiro atoms. The van der Waals surface area contributed by atoms with Gasteiger partial charge in [0.05, 0.1) is 0 Å². The monoisotopic (exact) mass is 237 g/mol. The molecule has 3 nitrogen and oxygen atoms in total. The van der Waals surface area contributed by atoms with E-state index in [2.05, 4.69) is 18.2 Å². The molecule has 0 saturated heterocycles. The number of hydrogen-bond acceptors (Lipinski definition) is 3. The molecule has 0 saturated carbocycles. The first-order chi connectivity index (χ1) is 7.66.